The summed E-state index contributed by atoms with van der Waals surface area (Å²) in [7, 11) is 5.33. The SMILES string of the molecule is C[C@H]1CCCCCCC[C@@H]2C[N+]3(C)CCCCCCCCCC[C@H]4C[C@H](C[N+](C)(CC1)C4)[C@H]2CC3. The van der Waals surface area contributed by atoms with Crippen molar-refractivity contribution in [1.82, 2.24) is 0 Å². The summed E-state index contributed by atoms with van der Waals surface area (Å²) in [5.74, 6) is 4.98. The van der Waals surface area contributed by atoms with Crippen molar-refractivity contribution in [3.05, 3.63) is 0 Å². The molecule has 5 aliphatic rings. The molecule has 5 rings (SSSR count). The van der Waals surface area contributed by atoms with E-state index < -0.39 is 0 Å². The van der Waals surface area contributed by atoms with Crippen LogP contribution in [0.25, 0.3) is 0 Å². The van der Waals surface area contributed by atoms with Crippen molar-refractivity contribution >= 4 is 0 Å². The fraction of sp³-hybridized carbons (Fsp3) is 1.00. The molecule has 6 bridgehead atoms. The highest BCUT2D eigenvalue weighted by Gasteiger charge is 2.46. The fourth-order valence-electron chi connectivity index (χ4n) is 9.25. The van der Waals surface area contributed by atoms with Crippen LogP contribution in [0.2, 0.25) is 0 Å². The molecule has 2 nitrogen and oxygen atoms in total. The zero-order chi connectivity index (χ0) is 24.6. The first-order chi connectivity index (χ1) is 16.9. The summed E-state index contributed by atoms with van der Waals surface area (Å²) in [5, 5.41) is 0. The Morgan fingerprint density at radius 3 is 1.77 bits per heavy atom. The summed E-state index contributed by atoms with van der Waals surface area (Å²) in [6.45, 7) is 11.5. The third kappa shape index (κ3) is 8.73. The van der Waals surface area contributed by atoms with Crippen LogP contribution in [0.3, 0.4) is 0 Å². The summed E-state index contributed by atoms with van der Waals surface area (Å²) >= 11 is 0. The van der Waals surface area contributed by atoms with Gasteiger partial charge in [0.2, 0.25) is 0 Å². The summed E-state index contributed by atoms with van der Waals surface area (Å²) in [4.78, 5) is 0. The zero-order valence-corrected chi connectivity index (χ0v) is 24.5. The second-order valence-electron chi connectivity index (χ2n) is 14.9. The molecule has 0 aromatic carbocycles. The Morgan fingerprint density at radius 1 is 0.457 bits per heavy atom. The van der Waals surface area contributed by atoms with Crippen LogP contribution in [0.15, 0.2) is 0 Å². The van der Waals surface area contributed by atoms with Gasteiger partial charge in [-0.25, -0.2) is 0 Å². The molecule has 0 radical (unpaired) electrons. The molecule has 5 saturated heterocycles. The van der Waals surface area contributed by atoms with Gasteiger partial charge in [0.1, 0.15) is 0 Å². The highest BCUT2D eigenvalue weighted by molar-refractivity contribution is 4.85. The first-order valence-electron chi connectivity index (χ1n) is 16.6. The molecule has 204 valence electrons. The van der Waals surface area contributed by atoms with Gasteiger partial charge in [0, 0.05) is 24.2 Å². The summed E-state index contributed by atoms with van der Waals surface area (Å²) in [5.41, 5.74) is 0. The van der Waals surface area contributed by atoms with Crippen LogP contribution in [0.1, 0.15) is 129 Å². The molecule has 5 aliphatic heterocycles. The maximum atomic E-state index is 2.68. The monoisotopic (exact) mass is 489 g/mol. The minimum Gasteiger partial charge on any atom is -0.326 e. The number of hydrogen-bond acceptors (Lipinski definition) is 0. The molecule has 0 N–H and O–H groups in total. The zero-order valence-electron chi connectivity index (χ0n) is 24.5. The second-order valence-corrected chi connectivity index (χ2v) is 14.9. The maximum Gasteiger partial charge on any atom is 0.0816 e. The molecular weight excluding hydrogens is 424 g/mol. The van der Waals surface area contributed by atoms with E-state index in [9.17, 15) is 0 Å². The number of quaternary nitrogens is 2. The Morgan fingerprint density at radius 2 is 1.03 bits per heavy atom. The standard InChI is InChI=1S/C33H64N2/c1-29-17-13-9-8-11-15-19-31-27-34(2)22-16-12-7-5-4-6-10-14-18-30-25-32(33(31)21-24-34)28-35(3,26-30)23-20-29/h29-33H,4-28H2,1-3H3/q+2/t29-,30-,31+,32+,33-,34?,35?/m0/s1. The fourth-order valence-corrected chi connectivity index (χ4v) is 9.25. The van der Waals surface area contributed by atoms with Crippen molar-refractivity contribution in [2.75, 3.05) is 53.4 Å². The van der Waals surface area contributed by atoms with Gasteiger partial charge in [0.05, 0.1) is 53.4 Å². The molecule has 0 saturated carbocycles. The molecule has 0 amide bonds. The predicted molar refractivity (Wildman–Crippen MR) is 152 cm³/mol. The minimum atomic E-state index is 0.934. The van der Waals surface area contributed by atoms with Crippen molar-refractivity contribution in [3.63, 3.8) is 0 Å². The third-order valence-corrected chi connectivity index (χ3v) is 11.4. The summed E-state index contributed by atoms with van der Waals surface area (Å²) < 4.78 is 2.82. The van der Waals surface area contributed by atoms with E-state index in [4.69, 9.17) is 0 Å². The Hall–Kier alpha value is -0.0800. The molecule has 2 unspecified atom stereocenters. The van der Waals surface area contributed by atoms with Crippen molar-refractivity contribution < 1.29 is 8.97 Å². The van der Waals surface area contributed by atoms with Crippen LogP contribution in [-0.4, -0.2) is 62.3 Å². The average Bonchev–Trinajstić information content (AvgIpc) is 2.82. The van der Waals surface area contributed by atoms with Gasteiger partial charge in [-0.15, -0.1) is 0 Å². The summed E-state index contributed by atoms with van der Waals surface area (Å²) in [6.07, 6.45) is 28.6. The molecule has 7 atom stereocenters. The van der Waals surface area contributed by atoms with Crippen LogP contribution in [0, 0.1) is 29.6 Å². The topological polar surface area (TPSA) is 0 Å². The lowest BCUT2D eigenvalue weighted by Gasteiger charge is -2.52. The number of nitrogens with zero attached hydrogens (tertiary/aromatic N) is 2. The highest BCUT2D eigenvalue weighted by Crippen LogP contribution is 2.43. The number of fused-ring (bicyclic) bond motifs is 11. The lowest BCUT2D eigenvalue weighted by Crippen LogP contribution is -2.60. The smallest absolute Gasteiger partial charge is 0.0816 e. The van der Waals surface area contributed by atoms with E-state index in [1.807, 2.05) is 0 Å². The van der Waals surface area contributed by atoms with Gasteiger partial charge >= 0.3 is 0 Å². The van der Waals surface area contributed by atoms with E-state index in [1.165, 1.54) is 157 Å². The van der Waals surface area contributed by atoms with E-state index >= 15 is 0 Å². The van der Waals surface area contributed by atoms with Crippen molar-refractivity contribution in [2.45, 2.75) is 129 Å². The maximum absolute atomic E-state index is 2.68. The lowest BCUT2D eigenvalue weighted by atomic mass is 9.68. The van der Waals surface area contributed by atoms with Crippen molar-refractivity contribution in [3.8, 4) is 0 Å². The van der Waals surface area contributed by atoms with Crippen molar-refractivity contribution in [2.24, 2.45) is 29.6 Å². The number of rotatable bonds is 0. The van der Waals surface area contributed by atoms with Gasteiger partial charge in [0.15, 0.2) is 0 Å². The predicted octanol–water partition coefficient (Wildman–Crippen LogP) is 8.45. The number of hydrogen-bond donors (Lipinski definition) is 0. The Kier molecular flexibility index (Phi) is 10.9. The minimum absolute atomic E-state index is 0.934. The van der Waals surface area contributed by atoms with E-state index in [0.717, 1.165) is 29.6 Å². The van der Waals surface area contributed by atoms with Crippen LogP contribution in [0.5, 0.6) is 0 Å². The highest BCUT2D eigenvalue weighted by atomic mass is 15.3. The van der Waals surface area contributed by atoms with E-state index in [2.05, 4.69) is 21.0 Å². The van der Waals surface area contributed by atoms with Gasteiger partial charge in [-0.2, -0.15) is 0 Å². The van der Waals surface area contributed by atoms with Gasteiger partial charge in [0.25, 0.3) is 0 Å². The molecule has 5 fully saturated rings. The van der Waals surface area contributed by atoms with Crippen LogP contribution in [0.4, 0.5) is 0 Å². The molecule has 0 aromatic rings. The molecular formula is C33H64N2+2. The second kappa shape index (κ2) is 13.6. The Bertz CT molecular complexity index is 604. The van der Waals surface area contributed by atoms with E-state index in [-0.39, 0.29) is 0 Å². The third-order valence-electron chi connectivity index (χ3n) is 11.4. The summed E-state index contributed by atoms with van der Waals surface area (Å²) in [6, 6.07) is 0. The average molecular weight is 489 g/mol. The Balaban J connectivity index is 1.55. The first kappa shape index (κ1) is 27.9. The molecule has 0 aromatic heterocycles. The quantitative estimate of drug-likeness (QED) is 0.300. The lowest BCUT2D eigenvalue weighted by molar-refractivity contribution is -0.927. The molecule has 35 heavy (non-hydrogen) atoms. The van der Waals surface area contributed by atoms with E-state index in [0.29, 0.717) is 0 Å². The first-order valence-corrected chi connectivity index (χ1v) is 16.6. The normalized spacial score (nSPS) is 43.8. The molecule has 5 heterocycles. The van der Waals surface area contributed by atoms with Gasteiger partial charge in [-0.3, -0.25) is 0 Å². The molecule has 0 aliphatic carbocycles. The largest absolute Gasteiger partial charge is 0.326 e. The van der Waals surface area contributed by atoms with Gasteiger partial charge < -0.3 is 8.97 Å². The van der Waals surface area contributed by atoms with Crippen LogP contribution < -0.4 is 0 Å². The Labute approximate surface area is 220 Å². The molecule has 2 heteroatoms. The van der Waals surface area contributed by atoms with Gasteiger partial charge in [-0.05, 0) is 50.4 Å². The van der Waals surface area contributed by atoms with Crippen LogP contribution in [-0.2, 0) is 0 Å². The number of piperidine rings is 2. The van der Waals surface area contributed by atoms with Crippen LogP contribution >= 0.6 is 0 Å². The van der Waals surface area contributed by atoms with Crippen molar-refractivity contribution in [1.29, 1.82) is 0 Å². The van der Waals surface area contributed by atoms with E-state index in [1.54, 1.807) is 12.8 Å². The van der Waals surface area contributed by atoms with Gasteiger partial charge in [-0.1, -0.05) is 84.0 Å². The molecule has 0 spiro atoms.